The molecule has 2 amide bonds. The molecule has 120 valence electrons. The van der Waals surface area contributed by atoms with Crippen molar-refractivity contribution in [1.29, 1.82) is 0 Å². The number of hydrazine groups is 1. The van der Waals surface area contributed by atoms with Gasteiger partial charge in [-0.1, -0.05) is 29.4 Å². The molecule has 3 rings (SSSR count). The number of hydrogen-bond donors (Lipinski definition) is 1. The molecule has 24 heavy (non-hydrogen) atoms. The van der Waals surface area contributed by atoms with Crippen LogP contribution in [0.5, 0.6) is 0 Å². The summed E-state index contributed by atoms with van der Waals surface area (Å²) in [4.78, 5) is 29.0. The Morgan fingerprint density at radius 3 is 2.75 bits per heavy atom. The second kappa shape index (κ2) is 7.12. The van der Waals surface area contributed by atoms with Crippen LogP contribution in [0.15, 0.2) is 53.7 Å². The van der Waals surface area contributed by atoms with Gasteiger partial charge in [0.15, 0.2) is 4.32 Å². The highest BCUT2D eigenvalue weighted by molar-refractivity contribution is 8.26. The molecule has 1 aliphatic heterocycles. The molecule has 0 unspecified atom stereocenters. The minimum Gasteiger partial charge on any atom is -0.267 e. The van der Waals surface area contributed by atoms with E-state index in [1.807, 2.05) is 0 Å². The maximum atomic E-state index is 12.4. The van der Waals surface area contributed by atoms with Crippen LogP contribution in [-0.4, -0.2) is 26.1 Å². The Morgan fingerprint density at radius 2 is 2.04 bits per heavy atom. The Labute approximate surface area is 152 Å². The van der Waals surface area contributed by atoms with Crippen LogP contribution in [0, 0.1) is 0 Å². The van der Waals surface area contributed by atoms with Crippen molar-refractivity contribution < 1.29 is 9.59 Å². The van der Waals surface area contributed by atoms with Gasteiger partial charge in [0.2, 0.25) is 0 Å². The molecule has 0 aliphatic carbocycles. The van der Waals surface area contributed by atoms with E-state index < -0.39 is 5.91 Å². The van der Waals surface area contributed by atoms with Gasteiger partial charge in [0.1, 0.15) is 0 Å². The highest BCUT2D eigenvalue weighted by atomic mass is 35.5. The van der Waals surface area contributed by atoms with Crippen LogP contribution in [0.2, 0.25) is 5.02 Å². The number of hydrogen-bond acceptors (Lipinski definition) is 5. The van der Waals surface area contributed by atoms with E-state index in [0.29, 0.717) is 15.5 Å². The van der Waals surface area contributed by atoms with Gasteiger partial charge in [-0.05, 0) is 54.2 Å². The molecule has 1 aromatic heterocycles. The first-order chi connectivity index (χ1) is 11.5. The van der Waals surface area contributed by atoms with Gasteiger partial charge in [0.05, 0.1) is 4.91 Å². The molecule has 1 N–H and O–H groups in total. The summed E-state index contributed by atoms with van der Waals surface area (Å²) in [6.07, 6.45) is 4.97. The van der Waals surface area contributed by atoms with E-state index in [1.54, 1.807) is 48.8 Å². The molecule has 1 aliphatic rings. The Bertz CT molecular complexity index is 855. The van der Waals surface area contributed by atoms with Crippen LogP contribution in [-0.2, 0) is 4.79 Å². The zero-order valence-electron chi connectivity index (χ0n) is 12.1. The standard InChI is InChI=1S/C16H10ClN3O2S2/c17-12-3-1-2-11(9-12)14(21)19-20-15(22)13(24-16(20)23)8-10-4-6-18-7-5-10/h1-9H,(H,19,21). The monoisotopic (exact) mass is 375 g/mol. The van der Waals surface area contributed by atoms with Crippen molar-refractivity contribution in [2.45, 2.75) is 0 Å². The van der Waals surface area contributed by atoms with Crippen molar-refractivity contribution in [1.82, 2.24) is 15.4 Å². The Kier molecular flexibility index (Phi) is 4.94. The molecule has 1 fully saturated rings. The normalized spacial score (nSPS) is 15.9. The maximum absolute atomic E-state index is 12.4. The Morgan fingerprint density at radius 1 is 1.29 bits per heavy atom. The number of carbonyl (C=O) groups excluding carboxylic acids is 2. The van der Waals surface area contributed by atoms with Gasteiger partial charge >= 0.3 is 0 Å². The van der Waals surface area contributed by atoms with Gasteiger partial charge in [-0.3, -0.25) is 20.0 Å². The van der Waals surface area contributed by atoms with Gasteiger partial charge in [0, 0.05) is 23.0 Å². The number of carbonyl (C=O) groups is 2. The molecule has 8 heteroatoms. The first kappa shape index (κ1) is 16.6. The van der Waals surface area contributed by atoms with Crippen LogP contribution in [0.1, 0.15) is 15.9 Å². The summed E-state index contributed by atoms with van der Waals surface area (Å²) in [6.45, 7) is 0. The fourth-order valence-corrected chi connectivity index (χ4v) is 3.34. The number of aromatic nitrogens is 1. The van der Waals surface area contributed by atoms with Gasteiger partial charge in [-0.25, -0.2) is 0 Å². The Hall–Kier alpha value is -2.22. The first-order valence-electron chi connectivity index (χ1n) is 6.79. The number of thiocarbonyl (C=S) groups is 1. The summed E-state index contributed by atoms with van der Waals surface area (Å²) < 4.78 is 0.260. The van der Waals surface area contributed by atoms with Crippen molar-refractivity contribution in [3.63, 3.8) is 0 Å². The average molecular weight is 376 g/mol. The molecule has 0 bridgehead atoms. The number of rotatable bonds is 3. The van der Waals surface area contributed by atoms with Crippen LogP contribution in [0.4, 0.5) is 0 Å². The summed E-state index contributed by atoms with van der Waals surface area (Å²) in [7, 11) is 0. The van der Waals surface area contributed by atoms with E-state index in [-0.39, 0.29) is 10.2 Å². The topological polar surface area (TPSA) is 62.3 Å². The Balaban J connectivity index is 1.77. The summed E-state index contributed by atoms with van der Waals surface area (Å²) >= 11 is 12.2. The molecular weight excluding hydrogens is 366 g/mol. The smallest absolute Gasteiger partial charge is 0.267 e. The van der Waals surface area contributed by atoms with Crippen molar-refractivity contribution in [2.75, 3.05) is 0 Å². The van der Waals surface area contributed by atoms with E-state index in [1.165, 1.54) is 6.07 Å². The van der Waals surface area contributed by atoms with E-state index >= 15 is 0 Å². The van der Waals surface area contributed by atoms with E-state index in [2.05, 4.69) is 10.4 Å². The quantitative estimate of drug-likeness (QED) is 0.659. The average Bonchev–Trinajstić information content (AvgIpc) is 2.83. The van der Waals surface area contributed by atoms with Crippen LogP contribution in [0.3, 0.4) is 0 Å². The predicted molar refractivity (Wildman–Crippen MR) is 98.2 cm³/mol. The minimum atomic E-state index is -0.459. The number of benzene rings is 1. The zero-order valence-corrected chi connectivity index (χ0v) is 14.5. The molecule has 2 heterocycles. The summed E-state index contributed by atoms with van der Waals surface area (Å²) in [5, 5.41) is 1.50. The zero-order chi connectivity index (χ0) is 17.1. The lowest BCUT2D eigenvalue weighted by atomic mass is 10.2. The van der Waals surface area contributed by atoms with Crippen molar-refractivity contribution in [3.8, 4) is 0 Å². The molecule has 0 saturated carbocycles. The lowest BCUT2D eigenvalue weighted by molar-refractivity contribution is -0.123. The van der Waals surface area contributed by atoms with E-state index in [4.69, 9.17) is 23.8 Å². The third kappa shape index (κ3) is 3.64. The second-order valence-corrected chi connectivity index (χ2v) is 6.86. The second-order valence-electron chi connectivity index (χ2n) is 4.75. The van der Waals surface area contributed by atoms with E-state index in [0.717, 1.165) is 22.3 Å². The third-order valence-corrected chi connectivity index (χ3v) is 4.63. The van der Waals surface area contributed by atoms with Gasteiger partial charge in [-0.2, -0.15) is 5.01 Å². The van der Waals surface area contributed by atoms with Crippen LogP contribution < -0.4 is 5.43 Å². The molecule has 5 nitrogen and oxygen atoms in total. The molecule has 0 spiro atoms. The number of thioether (sulfide) groups is 1. The van der Waals surface area contributed by atoms with Crippen LogP contribution >= 0.6 is 35.6 Å². The lowest BCUT2D eigenvalue weighted by Gasteiger charge is -2.15. The largest absolute Gasteiger partial charge is 0.285 e. The molecular formula is C16H10ClN3O2S2. The van der Waals surface area contributed by atoms with Crippen molar-refractivity contribution in [2.24, 2.45) is 0 Å². The highest BCUT2D eigenvalue weighted by Crippen LogP contribution is 2.31. The molecule has 1 aromatic carbocycles. The van der Waals surface area contributed by atoms with Crippen LogP contribution in [0.25, 0.3) is 6.08 Å². The summed E-state index contributed by atoms with van der Waals surface area (Å²) in [5.41, 5.74) is 3.68. The molecule has 2 aromatic rings. The minimum absolute atomic E-state index is 0.260. The summed E-state index contributed by atoms with van der Waals surface area (Å²) in [5.74, 6) is -0.837. The molecule has 0 atom stereocenters. The fourth-order valence-electron chi connectivity index (χ4n) is 1.97. The maximum Gasteiger partial charge on any atom is 0.285 e. The highest BCUT2D eigenvalue weighted by Gasteiger charge is 2.33. The van der Waals surface area contributed by atoms with Crippen molar-refractivity contribution in [3.05, 3.63) is 69.8 Å². The number of nitrogens with one attached hydrogen (secondary N) is 1. The van der Waals surface area contributed by atoms with Gasteiger partial charge in [0.25, 0.3) is 11.8 Å². The molecule has 1 saturated heterocycles. The van der Waals surface area contributed by atoms with Crippen molar-refractivity contribution >= 4 is 57.8 Å². The predicted octanol–water partition coefficient (Wildman–Crippen LogP) is 3.28. The fraction of sp³-hybridized carbons (Fsp3) is 0. The SMILES string of the molecule is O=C(NN1C(=O)C(=Cc2ccncc2)SC1=S)c1cccc(Cl)c1. The molecule has 0 radical (unpaired) electrons. The lowest BCUT2D eigenvalue weighted by Crippen LogP contribution is -2.44. The van der Waals surface area contributed by atoms with E-state index in [9.17, 15) is 9.59 Å². The summed E-state index contributed by atoms with van der Waals surface area (Å²) in [6, 6.07) is 9.99. The number of amides is 2. The van der Waals surface area contributed by atoms with Gasteiger partial charge in [-0.15, -0.1) is 0 Å². The third-order valence-electron chi connectivity index (χ3n) is 3.10. The number of pyridine rings is 1. The first-order valence-corrected chi connectivity index (χ1v) is 8.39. The van der Waals surface area contributed by atoms with Gasteiger partial charge < -0.3 is 0 Å². The number of nitrogens with zero attached hydrogens (tertiary/aromatic N) is 2. The number of halogens is 1.